The van der Waals surface area contributed by atoms with Crippen molar-refractivity contribution >= 4 is 39.3 Å². The van der Waals surface area contributed by atoms with Crippen LogP contribution in [0.15, 0.2) is 44.6 Å². The van der Waals surface area contributed by atoms with E-state index in [4.69, 9.17) is 4.42 Å². The molecule has 0 saturated heterocycles. The normalized spacial score (nSPS) is 10.9. The zero-order chi connectivity index (χ0) is 18.0. The molecule has 130 valence electrons. The number of aromatic nitrogens is 3. The van der Waals surface area contributed by atoms with Crippen molar-refractivity contribution in [1.82, 2.24) is 14.8 Å². The molecular weight excluding hydrogens is 404 g/mol. The van der Waals surface area contributed by atoms with Crippen LogP contribution >= 0.6 is 27.7 Å². The summed E-state index contributed by atoms with van der Waals surface area (Å²) < 4.78 is 7.93. The molecule has 8 heteroatoms. The zero-order valence-corrected chi connectivity index (χ0v) is 16.4. The lowest BCUT2D eigenvalue weighted by atomic mass is 10.1. The van der Waals surface area contributed by atoms with Crippen LogP contribution in [-0.2, 0) is 11.8 Å². The van der Waals surface area contributed by atoms with Gasteiger partial charge in [0, 0.05) is 12.7 Å². The molecule has 0 unspecified atom stereocenters. The lowest BCUT2D eigenvalue weighted by molar-refractivity contribution is -0.113. The maximum absolute atomic E-state index is 12.2. The summed E-state index contributed by atoms with van der Waals surface area (Å²) in [6.07, 6.45) is 0. The number of halogens is 1. The molecule has 0 spiro atoms. The Kier molecular flexibility index (Phi) is 5.29. The van der Waals surface area contributed by atoms with Gasteiger partial charge in [-0.2, -0.15) is 0 Å². The average Bonchev–Trinajstić information content (AvgIpc) is 3.15. The van der Waals surface area contributed by atoms with Crippen LogP contribution in [0.3, 0.4) is 0 Å². The minimum absolute atomic E-state index is 0.0847. The van der Waals surface area contributed by atoms with Crippen LogP contribution in [0.5, 0.6) is 0 Å². The molecular formula is C17H17BrN4O2S. The monoisotopic (exact) mass is 420 g/mol. The highest BCUT2D eigenvalue weighted by atomic mass is 79.9. The highest BCUT2D eigenvalue weighted by molar-refractivity contribution is 9.10. The van der Waals surface area contributed by atoms with Gasteiger partial charge in [-0.25, -0.2) is 0 Å². The summed E-state index contributed by atoms with van der Waals surface area (Å²) in [5.41, 5.74) is 3.14. The molecule has 1 aromatic carbocycles. The Morgan fingerprint density at radius 3 is 2.72 bits per heavy atom. The van der Waals surface area contributed by atoms with Crippen molar-refractivity contribution in [3.63, 3.8) is 0 Å². The summed E-state index contributed by atoms with van der Waals surface area (Å²) in [7, 11) is 1.84. The predicted octanol–water partition coefficient (Wildman–Crippen LogP) is 4.19. The van der Waals surface area contributed by atoms with Crippen LogP contribution in [0.2, 0.25) is 0 Å². The van der Waals surface area contributed by atoms with Gasteiger partial charge in [-0.1, -0.05) is 17.8 Å². The number of benzene rings is 1. The Balaban J connectivity index is 1.62. The van der Waals surface area contributed by atoms with Crippen molar-refractivity contribution in [2.24, 2.45) is 7.05 Å². The summed E-state index contributed by atoms with van der Waals surface area (Å²) in [4.78, 5) is 12.2. The second-order valence-electron chi connectivity index (χ2n) is 5.60. The van der Waals surface area contributed by atoms with Crippen molar-refractivity contribution in [2.75, 3.05) is 11.1 Å². The van der Waals surface area contributed by atoms with Crippen LogP contribution in [0.1, 0.15) is 11.1 Å². The second-order valence-corrected chi connectivity index (χ2v) is 7.33. The number of carbonyl (C=O) groups excluding carboxylic acids is 1. The van der Waals surface area contributed by atoms with Gasteiger partial charge < -0.3 is 14.3 Å². The van der Waals surface area contributed by atoms with E-state index >= 15 is 0 Å². The molecule has 0 atom stereocenters. The number of aryl methyl sites for hydroxylation is 2. The van der Waals surface area contributed by atoms with E-state index in [9.17, 15) is 4.79 Å². The number of nitrogens with zero attached hydrogens (tertiary/aromatic N) is 3. The fourth-order valence-electron chi connectivity index (χ4n) is 2.24. The summed E-state index contributed by atoms with van der Waals surface area (Å²) in [6, 6.07) is 9.48. The lowest BCUT2D eigenvalue weighted by Crippen LogP contribution is -2.14. The Morgan fingerprint density at radius 2 is 2.04 bits per heavy atom. The third-order valence-electron chi connectivity index (χ3n) is 3.75. The first kappa shape index (κ1) is 17.8. The van der Waals surface area contributed by atoms with Gasteiger partial charge in [-0.15, -0.1) is 10.2 Å². The predicted molar refractivity (Wildman–Crippen MR) is 102 cm³/mol. The molecule has 2 aromatic heterocycles. The van der Waals surface area contributed by atoms with Crippen molar-refractivity contribution < 1.29 is 9.21 Å². The lowest BCUT2D eigenvalue weighted by Gasteiger charge is -2.07. The SMILES string of the molecule is Cc1ccc(NC(=O)CSc2nnc(-c3ccc(Br)o3)n2C)cc1C. The van der Waals surface area contributed by atoms with Gasteiger partial charge in [-0.3, -0.25) is 4.79 Å². The fraction of sp³-hybridized carbons (Fsp3) is 0.235. The van der Waals surface area contributed by atoms with Crippen LogP contribution in [0.25, 0.3) is 11.6 Å². The summed E-state index contributed by atoms with van der Waals surface area (Å²) >= 11 is 4.60. The molecule has 25 heavy (non-hydrogen) atoms. The van der Waals surface area contributed by atoms with Crippen LogP contribution in [0, 0.1) is 13.8 Å². The van der Waals surface area contributed by atoms with Crippen LogP contribution < -0.4 is 5.32 Å². The van der Waals surface area contributed by atoms with E-state index in [-0.39, 0.29) is 11.7 Å². The maximum Gasteiger partial charge on any atom is 0.234 e. The van der Waals surface area contributed by atoms with Crippen molar-refractivity contribution in [3.8, 4) is 11.6 Å². The molecule has 0 saturated carbocycles. The number of hydrogen-bond acceptors (Lipinski definition) is 5. The van der Waals surface area contributed by atoms with Crippen molar-refractivity contribution in [2.45, 2.75) is 19.0 Å². The van der Waals surface area contributed by atoms with E-state index in [0.717, 1.165) is 11.3 Å². The smallest absolute Gasteiger partial charge is 0.234 e. The highest BCUT2D eigenvalue weighted by Gasteiger charge is 2.15. The summed E-state index contributed by atoms with van der Waals surface area (Å²) in [5.74, 6) is 1.40. The van der Waals surface area contributed by atoms with Gasteiger partial charge in [0.15, 0.2) is 21.4 Å². The molecule has 3 rings (SSSR count). The number of carbonyl (C=O) groups is 1. The van der Waals surface area contributed by atoms with Gasteiger partial charge in [0.05, 0.1) is 5.75 Å². The van der Waals surface area contributed by atoms with Crippen LogP contribution in [-0.4, -0.2) is 26.4 Å². The van der Waals surface area contributed by atoms with Gasteiger partial charge in [0.25, 0.3) is 0 Å². The summed E-state index contributed by atoms with van der Waals surface area (Å²) in [5, 5.41) is 11.8. The maximum atomic E-state index is 12.2. The number of nitrogens with one attached hydrogen (secondary N) is 1. The van der Waals surface area contributed by atoms with E-state index in [0.29, 0.717) is 21.4 Å². The molecule has 0 aliphatic carbocycles. The minimum atomic E-state index is -0.0847. The molecule has 0 aliphatic heterocycles. The number of hydrogen-bond donors (Lipinski definition) is 1. The quantitative estimate of drug-likeness (QED) is 0.626. The topological polar surface area (TPSA) is 73.0 Å². The molecule has 0 bridgehead atoms. The molecule has 0 radical (unpaired) electrons. The fourth-order valence-corrected chi connectivity index (χ4v) is 3.25. The number of amides is 1. The first-order valence-electron chi connectivity index (χ1n) is 7.59. The first-order valence-corrected chi connectivity index (χ1v) is 9.37. The molecule has 2 heterocycles. The molecule has 1 N–H and O–H groups in total. The van der Waals surface area contributed by atoms with Gasteiger partial charge >= 0.3 is 0 Å². The van der Waals surface area contributed by atoms with Crippen LogP contribution in [0.4, 0.5) is 5.69 Å². The van der Waals surface area contributed by atoms with Crippen molar-refractivity contribution in [1.29, 1.82) is 0 Å². The van der Waals surface area contributed by atoms with E-state index in [1.807, 2.05) is 45.2 Å². The van der Waals surface area contributed by atoms with E-state index in [1.54, 1.807) is 10.6 Å². The average molecular weight is 421 g/mol. The van der Waals surface area contributed by atoms with Crippen molar-refractivity contribution in [3.05, 3.63) is 46.1 Å². The highest BCUT2D eigenvalue weighted by Crippen LogP contribution is 2.26. The first-order chi connectivity index (χ1) is 11.9. The van der Waals surface area contributed by atoms with Gasteiger partial charge in [0.2, 0.25) is 5.91 Å². The zero-order valence-electron chi connectivity index (χ0n) is 14.0. The number of rotatable bonds is 5. The Labute approximate surface area is 158 Å². The third-order valence-corrected chi connectivity index (χ3v) is 5.20. The third kappa shape index (κ3) is 4.13. The molecule has 6 nitrogen and oxygen atoms in total. The standard InChI is InChI=1S/C17H17BrN4O2S/c1-10-4-5-12(8-11(10)2)19-15(23)9-25-17-21-20-16(22(17)3)13-6-7-14(18)24-13/h4-8H,9H2,1-3H3,(H,19,23). The molecule has 0 fully saturated rings. The second kappa shape index (κ2) is 7.45. The number of anilines is 1. The van der Waals surface area contributed by atoms with E-state index < -0.39 is 0 Å². The van der Waals surface area contributed by atoms with E-state index in [1.165, 1.54) is 17.3 Å². The van der Waals surface area contributed by atoms with Gasteiger partial charge in [0.1, 0.15) is 0 Å². The molecule has 3 aromatic rings. The van der Waals surface area contributed by atoms with Gasteiger partial charge in [-0.05, 0) is 65.2 Å². The number of thioether (sulfide) groups is 1. The minimum Gasteiger partial charge on any atom is -0.446 e. The van der Waals surface area contributed by atoms with E-state index in [2.05, 4.69) is 31.4 Å². The Morgan fingerprint density at radius 1 is 1.24 bits per heavy atom. The molecule has 0 aliphatic rings. The molecule has 1 amide bonds. The Hall–Kier alpha value is -2.06. The Bertz CT molecular complexity index is 919. The summed E-state index contributed by atoms with van der Waals surface area (Å²) in [6.45, 7) is 4.06. The number of furan rings is 1. The largest absolute Gasteiger partial charge is 0.446 e.